The molecule has 5 rings (SSSR count). The van der Waals surface area contributed by atoms with Gasteiger partial charge in [0.15, 0.2) is 5.65 Å². The molecule has 0 atom stereocenters. The van der Waals surface area contributed by atoms with E-state index in [-0.39, 0.29) is 23.5 Å². The zero-order valence-corrected chi connectivity index (χ0v) is 19.3. The predicted octanol–water partition coefficient (Wildman–Crippen LogP) is 4.25. The van der Waals surface area contributed by atoms with E-state index in [1.807, 2.05) is 66.7 Å². The molecule has 2 aromatic heterocycles. The lowest BCUT2D eigenvalue weighted by Gasteiger charge is -2.07. The quantitative estimate of drug-likeness (QED) is 0.361. The fourth-order valence-electron chi connectivity index (χ4n) is 3.80. The number of carbonyl (C=O) groups is 1. The van der Waals surface area contributed by atoms with Crippen molar-refractivity contribution in [2.75, 3.05) is 11.1 Å². The molecule has 37 heavy (non-hydrogen) atoms. The van der Waals surface area contributed by atoms with Crippen LogP contribution in [0.1, 0.15) is 11.1 Å². The number of nitriles is 2. The van der Waals surface area contributed by atoms with Gasteiger partial charge in [0, 0.05) is 11.3 Å². The predicted molar refractivity (Wildman–Crippen MR) is 136 cm³/mol. The van der Waals surface area contributed by atoms with Crippen LogP contribution in [0.2, 0.25) is 0 Å². The highest BCUT2D eigenvalue weighted by Gasteiger charge is 2.19. The maximum absolute atomic E-state index is 12.8. The van der Waals surface area contributed by atoms with Crippen LogP contribution in [0.4, 0.5) is 11.5 Å². The fourth-order valence-corrected chi connectivity index (χ4v) is 3.80. The van der Waals surface area contributed by atoms with Gasteiger partial charge in [-0.2, -0.15) is 15.6 Å². The normalized spacial score (nSPS) is 10.4. The average molecular weight is 486 g/mol. The van der Waals surface area contributed by atoms with Gasteiger partial charge in [-0.25, -0.2) is 14.6 Å². The van der Waals surface area contributed by atoms with Crippen molar-refractivity contribution in [3.8, 4) is 34.9 Å². The van der Waals surface area contributed by atoms with Gasteiger partial charge in [0.05, 0.1) is 16.5 Å². The molecule has 1 amide bonds. The van der Waals surface area contributed by atoms with E-state index in [4.69, 9.17) is 15.7 Å². The lowest BCUT2D eigenvalue weighted by Crippen LogP contribution is -2.20. The molecule has 0 aliphatic carbocycles. The van der Waals surface area contributed by atoms with Crippen molar-refractivity contribution in [1.82, 2.24) is 19.7 Å². The number of rotatable bonds is 6. The molecular formula is C27H18N8O2. The molecule has 3 aromatic carbocycles. The fraction of sp³-hybridized carbons (Fsp3) is 0.0370. The van der Waals surface area contributed by atoms with Crippen LogP contribution in [0.25, 0.3) is 22.3 Å². The van der Waals surface area contributed by atoms with E-state index in [2.05, 4.69) is 20.4 Å². The summed E-state index contributed by atoms with van der Waals surface area (Å²) in [5.41, 5.74) is 8.64. The largest absolute Gasteiger partial charge is 0.457 e. The second-order valence-corrected chi connectivity index (χ2v) is 7.94. The Labute approximate surface area is 211 Å². The summed E-state index contributed by atoms with van der Waals surface area (Å²) in [5, 5.41) is 26.2. The molecule has 0 aliphatic rings. The first-order valence-electron chi connectivity index (χ1n) is 11.1. The summed E-state index contributed by atoms with van der Waals surface area (Å²) in [6.45, 7) is -0.163. The molecule has 0 saturated heterocycles. The standard InChI is InChI=1S/C27H18N8O2/c28-13-18-6-9-20(12-19(18)14-29)33-23(36)15-35-27-24(26(30)31-16-32-27)25(34-35)17-7-10-22(11-8-17)37-21-4-2-1-3-5-21/h1-12,16H,15H2,(H,33,36)(H2,30,31,32). The molecule has 2 heterocycles. The molecule has 10 heteroatoms. The van der Waals surface area contributed by atoms with Crippen molar-refractivity contribution >= 4 is 28.4 Å². The highest BCUT2D eigenvalue weighted by molar-refractivity contribution is 5.99. The summed E-state index contributed by atoms with van der Waals surface area (Å²) < 4.78 is 7.31. The average Bonchev–Trinajstić information content (AvgIpc) is 3.29. The highest BCUT2D eigenvalue weighted by Crippen LogP contribution is 2.32. The number of nitrogens with zero attached hydrogens (tertiary/aromatic N) is 6. The number of nitrogens with two attached hydrogens (primary N) is 1. The smallest absolute Gasteiger partial charge is 0.246 e. The number of nitrogens with one attached hydrogen (secondary N) is 1. The van der Waals surface area contributed by atoms with Crippen molar-refractivity contribution in [3.63, 3.8) is 0 Å². The Kier molecular flexibility index (Phi) is 6.14. The monoisotopic (exact) mass is 486 g/mol. The summed E-state index contributed by atoms with van der Waals surface area (Å²) in [6.07, 6.45) is 1.31. The van der Waals surface area contributed by atoms with E-state index in [0.29, 0.717) is 28.2 Å². The molecular weight excluding hydrogens is 468 g/mol. The number of para-hydroxylation sites is 1. The van der Waals surface area contributed by atoms with Gasteiger partial charge in [-0.15, -0.1) is 0 Å². The van der Waals surface area contributed by atoms with Crippen molar-refractivity contribution < 1.29 is 9.53 Å². The van der Waals surface area contributed by atoms with Gasteiger partial charge < -0.3 is 15.8 Å². The van der Waals surface area contributed by atoms with Crippen molar-refractivity contribution in [1.29, 1.82) is 10.5 Å². The van der Waals surface area contributed by atoms with E-state index < -0.39 is 5.91 Å². The van der Waals surface area contributed by atoms with E-state index in [1.165, 1.54) is 23.1 Å². The van der Waals surface area contributed by atoms with Crippen molar-refractivity contribution in [2.45, 2.75) is 6.54 Å². The van der Waals surface area contributed by atoms with E-state index in [9.17, 15) is 10.1 Å². The summed E-state index contributed by atoms with van der Waals surface area (Å²) >= 11 is 0. The molecule has 0 fully saturated rings. The van der Waals surface area contributed by atoms with Crippen LogP contribution in [0.15, 0.2) is 79.1 Å². The van der Waals surface area contributed by atoms with E-state index in [1.54, 1.807) is 6.07 Å². The Bertz CT molecular complexity index is 1700. The van der Waals surface area contributed by atoms with E-state index >= 15 is 0 Å². The van der Waals surface area contributed by atoms with Crippen LogP contribution in [0.3, 0.4) is 0 Å². The van der Waals surface area contributed by atoms with Crippen molar-refractivity contribution in [3.05, 3.63) is 90.3 Å². The first-order chi connectivity index (χ1) is 18.1. The minimum absolute atomic E-state index is 0.163. The highest BCUT2D eigenvalue weighted by atomic mass is 16.5. The minimum atomic E-state index is -0.395. The third-order valence-corrected chi connectivity index (χ3v) is 5.50. The van der Waals surface area contributed by atoms with Gasteiger partial charge >= 0.3 is 0 Å². The van der Waals surface area contributed by atoms with Gasteiger partial charge in [0.25, 0.3) is 0 Å². The van der Waals surface area contributed by atoms with Gasteiger partial charge in [-0.3, -0.25) is 4.79 Å². The second-order valence-electron chi connectivity index (χ2n) is 7.94. The molecule has 10 nitrogen and oxygen atoms in total. The van der Waals surface area contributed by atoms with Gasteiger partial charge in [0.1, 0.15) is 48.0 Å². The third kappa shape index (κ3) is 4.76. The first kappa shape index (κ1) is 23.0. The first-order valence-corrected chi connectivity index (χ1v) is 11.1. The number of hydrogen-bond acceptors (Lipinski definition) is 8. The minimum Gasteiger partial charge on any atom is -0.457 e. The number of fused-ring (bicyclic) bond motifs is 1. The molecule has 0 aliphatic heterocycles. The number of ether oxygens (including phenoxy) is 1. The summed E-state index contributed by atoms with van der Waals surface area (Å²) in [7, 11) is 0. The Morgan fingerprint density at radius 2 is 1.68 bits per heavy atom. The van der Waals surface area contributed by atoms with E-state index in [0.717, 1.165) is 11.3 Å². The number of nitrogen functional groups attached to an aromatic ring is 1. The topological polar surface area (TPSA) is 156 Å². The summed E-state index contributed by atoms with van der Waals surface area (Å²) in [5.74, 6) is 1.22. The molecule has 178 valence electrons. The van der Waals surface area contributed by atoms with Crippen LogP contribution in [-0.2, 0) is 11.3 Å². The molecule has 0 spiro atoms. The third-order valence-electron chi connectivity index (χ3n) is 5.50. The van der Waals surface area contributed by atoms with Gasteiger partial charge in [-0.05, 0) is 54.6 Å². The molecule has 0 unspecified atom stereocenters. The van der Waals surface area contributed by atoms with Crippen LogP contribution < -0.4 is 15.8 Å². The number of carbonyl (C=O) groups excluding carboxylic acids is 1. The zero-order chi connectivity index (χ0) is 25.8. The Morgan fingerprint density at radius 3 is 2.41 bits per heavy atom. The second kappa shape index (κ2) is 9.86. The molecule has 0 radical (unpaired) electrons. The lowest BCUT2D eigenvalue weighted by atomic mass is 10.1. The molecule has 5 aromatic rings. The number of amides is 1. The van der Waals surface area contributed by atoms with Gasteiger partial charge in [-0.1, -0.05) is 18.2 Å². The lowest BCUT2D eigenvalue weighted by molar-refractivity contribution is -0.116. The Morgan fingerprint density at radius 1 is 0.946 bits per heavy atom. The van der Waals surface area contributed by atoms with Crippen LogP contribution in [0, 0.1) is 22.7 Å². The summed E-state index contributed by atoms with van der Waals surface area (Å²) in [6, 6.07) is 25.1. The number of hydrogen-bond donors (Lipinski definition) is 2. The SMILES string of the molecule is N#Cc1ccc(NC(=O)Cn2nc(-c3ccc(Oc4ccccc4)cc3)c3c(N)ncnc32)cc1C#N. The Hall–Kier alpha value is -5.74. The number of aromatic nitrogens is 4. The number of benzene rings is 3. The molecule has 0 bridgehead atoms. The maximum Gasteiger partial charge on any atom is 0.246 e. The van der Waals surface area contributed by atoms with Crippen molar-refractivity contribution in [2.24, 2.45) is 0 Å². The van der Waals surface area contributed by atoms with Crippen LogP contribution >= 0.6 is 0 Å². The summed E-state index contributed by atoms with van der Waals surface area (Å²) in [4.78, 5) is 21.2. The van der Waals surface area contributed by atoms with Crippen LogP contribution in [-0.4, -0.2) is 25.7 Å². The zero-order valence-electron chi connectivity index (χ0n) is 19.3. The van der Waals surface area contributed by atoms with Gasteiger partial charge in [0.2, 0.25) is 5.91 Å². The Balaban J connectivity index is 1.42. The maximum atomic E-state index is 12.8. The van der Waals surface area contributed by atoms with Crippen LogP contribution in [0.5, 0.6) is 11.5 Å². The molecule has 3 N–H and O–H groups in total. The molecule has 0 saturated carbocycles. The number of anilines is 2.